The van der Waals surface area contributed by atoms with Crippen molar-refractivity contribution in [3.05, 3.63) is 54.6 Å². The number of benzene rings is 1. The summed E-state index contributed by atoms with van der Waals surface area (Å²) in [5.41, 5.74) is 1.85. The molecular formula is C23H21F3N4O3. The van der Waals surface area contributed by atoms with Crippen LogP contribution in [0.5, 0.6) is 11.5 Å². The Morgan fingerprint density at radius 3 is 2.42 bits per heavy atom. The molecule has 0 saturated carbocycles. The van der Waals surface area contributed by atoms with Crippen molar-refractivity contribution in [1.29, 1.82) is 0 Å². The predicted octanol–water partition coefficient (Wildman–Crippen LogP) is 4.94. The van der Waals surface area contributed by atoms with Gasteiger partial charge in [-0.1, -0.05) is 0 Å². The van der Waals surface area contributed by atoms with E-state index in [9.17, 15) is 18.0 Å². The lowest BCUT2D eigenvalue weighted by molar-refractivity contribution is -0.133. The van der Waals surface area contributed by atoms with Crippen LogP contribution >= 0.6 is 0 Å². The number of ether oxygens (including phenoxy) is 2. The summed E-state index contributed by atoms with van der Waals surface area (Å²) in [7, 11) is -4.47. The van der Waals surface area contributed by atoms with E-state index in [0.717, 1.165) is 23.3 Å². The molecule has 0 amide bonds. The number of fused-ring (bicyclic) bond motifs is 1. The molecule has 0 fully saturated rings. The van der Waals surface area contributed by atoms with Crippen LogP contribution in [0.4, 0.5) is 13.2 Å². The summed E-state index contributed by atoms with van der Waals surface area (Å²) in [4.78, 5) is 17.2. The van der Waals surface area contributed by atoms with Crippen LogP contribution in [0.25, 0.3) is 28.0 Å². The van der Waals surface area contributed by atoms with E-state index in [-0.39, 0.29) is 5.56 Å². The van der Waals surface area contributed by atoms with Crippen LogP contribution in [0.1, 0.15) is 31.4 Å². The smallest absolute Gasteiger partial charge is 0.389 e. The van der Waals surface area contributed by atoms with Gasteiger partial charge in [0, 0.05) is 37.0 Å². The Bertz CT molecular complexity index is 1490. The minimum absolute atomic E-state index is 0.141. The van der Waals surface area contributed by atoms with E-state index in [1.807, 2.05) is 0 Å². The van der Waals surface area contributed by atoms with E-state index < -0.39 is 55.9 Å². The highest BCUT2D eigenvalue weighted by atomic mass is 19.4. The van der Waals surface area contributed by atoms with Gasteiger partial charge in [0.1, 0.15) is 22.7 Å². The highest BCUT2D eigenvalue weighted by Crippen LogP contribution is 2.37. The van der Waals surface area contributed by atoms with E-state index in [2.05, 4.69) is 10.1 Å². The number of hydrogen-bond donors (Lipinski definition) is 0. The Balaban J connectivity index is 1.86. The van der Waals surface area contributed by atoms with E-state index in [1.165, 1.54) is 6.20 Å². The first kappa shape index (κ1) is 15.9. The molecule has 0 aliphatic heterocycles. The van der Waals surface area contributed by atoms with E-state index >= 15 is 0 Å². The molecule has 0 N–H and O–H groups in total. The largest absolute Gasteiger partial charge is 0.496 e. The summed E-state index contributed by atoms with van der Waals surface area (Å²) in [6, 6.07) is 5.77. The van der Waals surface area contributed by atoms with Crippen molar-refractivity contribution >= 4 is 11.4 Å². The fraction of sp³-hybridized carbons (Fsp3) is 0.261. The lowest BCUT2D eigenvalue weighted by atomic mass is 10.0. The van der Waals surface area contributed by atoms with Gasteiger partial charge in [-0.15, -0.1) is 0 Å². The van der Waals surface area contributed by atoms with Crippen molar-refractivity contribution in [2.75, 3.05) is 14.1 Å². The van der Waals surface area contributed by atoms with Crippen LogP contribution in [0.15, 0.2) is 49.1 Å². The zero-order valence-corrected chi connectivity index (χ0v) is 17.2. The van der Waals surface area contributed by atoms with Gasteiger partial charge in [0.05, 0.1) is 46.8 Å². The zero-order valence-electron chi connectivity index (χ0n) is 23.2. The molecule has 10 heteroatoms. The zero-order chi connectivity index (χ0) is 28.8. The van der Waals surface area contributed by atoms with Gasteiger partial charge in [-0.2, -0.15) is 18.3 Å². The van der Waals surface area contributed by atoms with E-state index in [1.54, 1.807) is 46.9 Å². The lowest BCUT2D eigenvalue weighted by Gasteiger charge is -2.15. The number of ketones is 1. The molecule has 0 saturated heterocycles. The standard InChI is InChI=1S/C23H21F3N4O3/c1-29-13-16(11-28-29)14-5-7-30-17(12-27-21(30)10-14)15-8-19(32-2)22(20(9-15)33-3)18(31)4-6-23(24,25)26/h5,7-13H,4,6H2,1-3H3/i2D3,3D3. The number of Topliss-reactive ketones (excluding diaryl/α,β-unsaturated/α-hetero) is 1. The van der Waals surface area contributed by atoms with Crippen LogP contribution in [-0.4, -0.2) is 45.2 Å². The molecule has 0 atom stereocenters. The first-order valence-electron chi connectivity index (χ1n) is 12.6. The van der Waals surface area contributed by atoms with Gasteiger partial charge < -0.3 is 9.47 Å². The average molecular weight is 464 g/mol. The van der Waals surface area contributed by atoms with Crippen LogP contribution in [0.2, 0.25) is 0 Å². The average Bonchev–Trinajstić information content (AvgIpc) is 3.40. The molecule has 0 radical (unpaired) electrons. The van der Waals surface area contributed by atoms with Gasteiger partial charge in [-0.05, 0) is 29.8 Å². The number of nitrogens with zero attached hydrogens (tertiary/aromatic N) is 4. The molecule has 1 aromatic carbocycles. The predicted molar refractivity (Wildman–Crippen MR) is 116 cm³/mol. The molecule has 3 heterocycles. The molecule has 3 aromatic heterocycles. The Morgan fingerprint density at radius 2 is 1.82 bits per heavy atom. The lowest BCUT2D eigenvalue weighted by Crippen LogP contribution is -2.12. The number of aromatic nitrogens is 4. The third-order valence-electron chi connectivity index (χ3n) is 5.05. The summed E-state index contributed by atoms with van der Waals surface area (Å²) in [6.07, 6.45) is -0.720. The number of rotatable bonds is 7. The van der Waals surface area contributed by atoms with Gasteiger partial charge in [0.15, 0.2) is 5.78 Å². The quantitative estimate of drug-likeness (QED) is 0.362. The summed E-state index contributed by atoms with van der Waals surface area (Å²) >= 11 is 0. The highest BCUT2D eigenvalue weighted by molar-refractivity contribution is 6.02. The monoisotopic (exact) mass is 464 g/mol. The van der Waals surface area contributed by atoms with Crippen molar-refractivity contribution in [2.24, 2.45) is 7.05 Å². The number of aryl methyl sites for hydroxylation is 1. The number of alkyl halides is 3. The molecule has 4 rings (SSSR count). The molecule has 33 heavy (non-hydrogen) atoms. The molecule has 0 spiro atoms. The number of imidazole rings is 1. The second-order valence-corrected chi connectivity index (χ2v) is 7.28. The molecule has 172 valence electrons. The fourth-order valence-corrected chi connectivity index (χ4v) is 3.50. The Labute approximate surface area is 195 Å². The summed E-state index contributed by atoms with van der Waals surface area (Å²) < 4.78 is 96.5. The maximum atomic E-state index is 12.8. The summed E-state index contributed by atoms with van der Waals surface area (Å²) in [5.74, 6) is -2.50. The topological polar surface area (TPSA) is 70.7 Å². The van der Waals surface area contributed by atoms with Crippen LogP contribution in [-0.2, 0) is 7.05 Å². The van der Waals surface area contributed by atoms with Gasteiger partial charge in [-0.25, -0.2) is 4.98 Å². The Morgan fingerprint density at radius 1 is 1.09 bits per heavy atom. The van der Waals surface area contributed by atoms with Crippen LogP contribution < -0.4 is 9.47 Å². The second kappa shape index (κ2) is 8.61. The molecule has 0 bridgehead atoms. The number of carbonyl (C=O) groups excluding carboxylic acids is 1. The molecule has 4 aromatic rings. The third-order valence-corrected chi connectivity index (χ3v) is 5.05. The van der Waals surface area contributed by atoms with E-state index in [0.29, 0.717) is 11.3 Å². The van der Waals surface area contributed by atoms with Crippen LogP contribution in [0, 0.1) is 0 Å². The number of hydrogen-bond acceptors (Lipinski definition) is 5. The normalized spacial score (nSPS) is 15.2. The molecule has 0 aliphatic rings. The van der Waals surface area contributed by atoms with Gasteiger partial charge >= 0.3 is 6.18 Å². The minimum Gasteiger partial charge on any atom is -0.496 e. The molecule has 0 aliphatic carbocycles. The third kappa shape index (κ3) is 4.55. The maximum Gasteiger partial charge on any atom is 0.389 e. The molecule has 0 unspecified atom stereocenters. The van der Waals surface area contributed by atoms with Crippen molar-refractivity contribution < 1.29 is 35.7 Å². The second-order valence-electron chi connectivity index (χ2n) is 7.28. The number of pyridine rings is 1. The first-order chi connectivity index (χ1) is 18.0. The summed E-state index contributed by atoms with van der Waals surface area (Å²) in [5, 5.41) is 4.13. The highest BCUT2D eigenvalue weighted by Gasteiger charge is 2.30. The van der Waals surface area contributed by atoms with Crippen molar-refractivity contribution in [3.63, 3.8) is 0 Å². The molecular weight excluding hydrogens is 437 g/mol. The van der Waals surface area contributed by atoms with Crippen molar-refractivity contribution in [3.8, 4) is 33.9 Å². The number of carbonyl (C=O) groups is 1. The molecule has 7 nitrogen and oxygen atoms in total. The van der Waals surface area contributed by atoms with E-state index in [4.69, 9.17) is 17.7 Å². The minimum atomic E-state index is -4.68. The van der Waals surface area contributed by atoms with Gasteiger partial charge in [0.2, 0.25) is 0 Å². The SMILES string of the molecule is [2H]C([2H])([2H])Oc1cc(-c2cnc3cc(-c4cnn(C)c4)ccn23)cc(OC([2H])([2H])[2H])c1C(=O)CCC(F)(F)F. The number of halogens is 3. The van der Waals surface area contributed by atoms with Crippen LogP contribution in [0.3, 0.4) is 0 Å². The van der Waals surface area contributed by atoms with Gasteiger partial charge in [0.25, 0.3) is 0 Å². The van der Waals surface area contributed by atoms with Gasteiger partial charge in [-0.3, -0.25) is 13.9 Å². The first-order valence-corrected chi connectivity index (χ1v) is 9.62. The number of methoxy groups -OCH3 is 2. The van der Waals surface area contributed by atoms with Crippen molar-refractivity contribution in [1.82, 2.24) is 19.2 Å². The fourth-order valence-electron chi connectivity index (χ4n) is 3.50. The Hall–Kier alpha value is -3.82. The summed E-state index contributed by atoms with van der Waals surface area (Å²) in [6.45, 7) is 0. The Kier molecular flexibility index (Phi) is 4.15. The maximum absolute atomic E-state index is 12.8. The van der Waals surface area contributed by atoms with Crippen molar-refractivity contribution in [2.45, 2.75) is 19.0 Å².